The number of hydrogen-bond acceptors (Lipinski definition) is 2. The third-order valence-electron chi connectivity index (χ3n) is 1.59. The van der Waals surface area contributed by atoms with Gasteiger partial charge in [-0.25, -0.2) is 0 Å². The summed E-state index contributed by atoms with van der Waals surface area (Å²) in [6.45, 7) is 0. The van der Waals surface area contributed by atoms with Crippen LogP contribution >= 0.6 is 0 Å². The van der Waals surface area contributed by atoms with Crippen LogP contribution in [0, 0.1) is 0 Å². The molecular weight excluding hydrogens is 228 g/mol. The fourth-order valence-corrected chi connectivity index (χ4v) is 1.03. The molecule has 0 fully saturated rings. The second kappa shape index (κ2) is 6.27. The maximum Gasteiger partial charge on any atom is 1.00 e. The maximum atomic E-state index is 4.19. The molecule has 2 aromatic heterocycles. The van der Waals surface area contributed by atoms with Crippen molar-refractivity contribution >= 4 is 0 Å². The van der Waals surface area contributed by atoms with Crippen molar-refractivity contribution in [3.63, 3.8) is 0 Å². The van der Waals surface area contributed by atoms with Crippen molar-refractivity contribution in [3.05, 3.63) is 48.8 Å². The molecule has 3 nitrogen and oxygen atoms in total. The molecule has 0 aliphatic rings. The van der Waals surface area contributed by atoms with Gasteiger partial charge in [0, 0.05) is 12.4 Å². The van der Waals surface area contributed by atoms with E-state index in [-0.39, 0.29) is 22.5 Å². The van der Waals surface area contributed by atoms with Crippen LogP contribution in [-0.4, -0.2) is 15.4 Å². The van der Waals surface area contributed by atoms with Crippen molar-refractivity contribution in [2.75, 3.05) is 0 Å². The summed E-state index contributed by atoms with van der Waals surface area (Å²) in [5.41, 5.74) is 1.83. The minimum Gasteiger partial charge on any atom is -0.412 e. The van der Waals surface area contributed by atoms with Crippen LogP contribution in [0.4, 0.5) is 0 Å². The van der Waals surface area contributed by atoms with E-state index in [2.05, 4.69) is 9.97 Å². The van der Waals surface area contributed by atoms with Crippen molar-refractivity contribution in [2.24, 2.45) is 0 Å². The Morgan fingerprint density at radius 3 is 1.43 bits per heavy atom. The average molecular weight is 238 g/mol. The van der Waals surface area contributed by atoms with Gasteiger partial charge in [0.1, 0.15) is 0 Å². The van der Waals surface area contributed by atoms with Crippen LogP contribution in [0.1, 0.15) is 0 Å². The summed E-state index contributed by atoms with van der Waals surface area (Å²) in [6.07, 6.45) is 3.54. The number of pyridine rings is 2. The molecule has 0 aliphatic heterocycles. The van der Waals surface area contributed by atoms with E-state index in [1.165, 1.54) is 0 Å². The van der Waals surface area contributed by atoms with Gasteiger partial charge < -0.3 is 5.48 Å². The van der Waals surface area contributed by atoms with Gasteiger partial charge in [0.25, 0.3) is 0 Å². The first-order chi connectivity index (χ1) is 5.97. The monoisotopic (exact) mass is 237 g/mol. The molecule has 0 aliphatic carbocycles. The van der Waals surface area contributed by atoms with Crippen LogP contribution in [0.2, 0.25) is 0 Å². The summed E-state index contributed by atoms with van der Waals surface area (Å²) in [4.78, 5) is 8.37. The third kappa shape index (κ3) is 2.92. The number of hydrogen-bond donors (Lipinski definition) is 0. The predicted octanol–water partition coefficient (Wildman–Crippen LogP) is 1.32. The Morgan fingerprint density at radius 1 is 0.714 bits per heavy atom. The Kier molecular flexibility index (Phi) is 5.72. The van der Waals surface area contributed by atoms with Crippen LogP contribution in [0.15, 0.2) is 48.8 Å². The first-order valence-electron chi connectivity index (χ1n) is 3.79. The molecule has 4 heteroatoms. The van der Waals surface area contributed by atoms with Crippen LogP contribution < -0.4 is 0 Å². The van der Waals surface area contributed by atoms with E-state index in [1.54, 1.807) is 12.4 Å². The number of rotatable bonds is 1. The van der Waals surface area contributed by atoms with E-state index in [0.29, 0.717) is 0 Å². The Bertz CT molecular complexity index is 316. The fourth-order valence-electron chi connectivity index (χ4n) is 1.03. The molecule has 0 saturated heterocycles. The van der Waals surface area contributed by atoms with Gasteiger partial charge in [-0.2, -0.15) is 0 Å². The zero-order valence-corrected chi connectivity index (χ0v) is 8.26. The van der Waals surface area contributed by atoms with Gasteiger partial charge in [-0.05, 0) is 24.3 Å². The molecule has 2 rings (SSSR count). The summed E-state index contributed by atoms with van der Waals surface area (Å²) in [7, 11) is 0. The Morgan fingerprint density at radius 2 is 1.14 bits per heavy atom. The first kappa shape index (κ1) is 12.8. The molecule has 2 aromatic rings. The van der Waals surface area contributed by atoms with E-state index in [1.807, 2.05) is 36.4 Å². The van der Waals surface area contributed by atoms with E-state index >= 15 is 0 Å². The van der Waals surface area contributed by atoms with Crippen molar-refractivity contribution in [3.8, 4) is 11.4 Å². The molecular formula is C10H10CuN2O+. The predicted molar refractivity (Wildman–Crippen MR) is 51.1 cm³/mol. The van der Waals surface area contributed by atoms with Gasteiger partial charge in [-0.1, -0.05) is 12.1 Å². The normalized spacial score (nSPS) is 8.29. The molecule has 0 unspecified atom stereocenters. The standard InChI is InChI=1S/C10H8N2.Cu.H2O/c1-3-7-11-9(5-1)10-6-2-4-8-12-10;;/h1-8H;;1H2/q;+1;. The van der Waals surface area contributed by atoms with Crippen molar-refractivity contribution in [1.29, 1.82) is 0 Å². The zero-order chi connectivity index (χ0) is 8.23. The summed E-state index contributed by atoms with van der Waals surface area (Å²) in [5, 5.41) is 0. The second-order valence-corrected chi connectivity index (χ2v) is 2.43. The molecule has 0 saturated carbocycles. The first-order valence-corrected chi connectivity index (χ1v) is 3.79. The van der Waals surface area contributed by atoms with E-state index in [9.17, 15) is 0 Å². The third-order valence-corrected chi connectivity index (χ3v) is 1.59. The average Bonchev–Trinajstić information content (AvgIpc) is 2.21. The van der Waals surface area contributed by atoms with Gasteiger partial charge in [-0.15, -0.1) is 0 Å². The Hall–Kier alpha value is -1.22. The van der Waals surface area contributed by atoms with Crippen LogP contribution in [-0.2, 0) is 17.1 Å². The molecule has 0 aromatic carbocycles. The number of aromatic nitrogens is 2. The van der Waals surface area contributed by atoms with Gasteiger partial charge in [-0.3, -0.25) is 9.97 Å². The van der Waals surface area contributed by atoms with Gasteiger partial charge in [0.05, 0.1) is 11.4 Å². The molecule has 2 heterocycles. The molecule has 0 spiro atoms. The topological polar surface area (TPSA) is 57.3 Å². The molecule has 2 N–H and O–H groups in total. The van der Waals surface area contributed by atoms with Crippen molar-refractivity contribution in [2.45, 2.75) is 0 Å². The van der Waals surface area contributed by atoms with Crippen LogP contribution in [0.5, 0.6) is 0 Å². The zero-order valence-electron chi connectivity index (χ0n) is 7.31. The molecule has 0 atom stereocenters. The SMILES string of the molecule is O.[Cu+].c1ccc(-c2ccccn2)nc1. The van der Waals surface area contributed by atoms with Gasteiger partial charge in [0.2, 0.25) is 0 Å². The van der Waals surface area contributed by atoms with Gasteiger partial charge >= 0.3 is 17.1 Å². The van der Waals surface area contributed by atoms with E-state index in [4.69, 9.17) is 0 Å². The van der Waals surface area contributed by atoms with E-state index in [0.717, 1.165) is 11.4 Å². The fraction of sp³-hybridized carbons (Fsp3) is 0. The smallest absolute Gasteiger partial charge is 0.412 e. The maximum absolute atomic E-state index is 4.19. The summed E-state index contributed by atoms with van der Waals surface area (Å²) in [6, 6.07) is 11.6. The molecule has 0 amide bonds. The Labute approximate surface area is 93.0 Å². The summed E-state index contributed by atoms with van der Waals surface area (Å²) < 4.78 is 0. The molecule has 14 heavy (non-hydrogen) atoms. The molecule has 0 bridgehead atoms. The van der Waals surface area contributed by atoms with E-state index < -0.39 is 0 Å². The number of nitrogens with zero attached hydrogens (tertiary/aromatic N) is 2. The van der Waals surface area contributed by atoms with Crippen LogP contribution in [0.25, 0.3) is 11.4 Å². The Balaban J connectivity index is 0.000000845. The molecule has 0 radical (unpaired) electrons. The van der Waals surface area contributed by atoms with Crippen LogP contribution in [0.3, 0.4) is 0 Å². The quantitative estimate of drug-likeness (QED) is 0.703. The minimum atomic E-state index is 0. The largest absolute Gasteiger partial charge is 1.00 e. The summed E-state index contributed by atoms with van der Waals surface area (Å²) >= 11 is 0. The van der Waals surface area contributed by atoms with Gasteiger partial charge in [0.15, 0.2) is 0 Å². The van der Waals surface area contributed by atoms with Crippen molar-refractivity contribution in [1.82, 2.24) is 9.97 Å². The van der Waals surface area contributed by atoms with Crippen molar-refractivity contribution < 1.29 is 22.5 Å². The molecule has 76 valence electrons. The minimum absolute atomic E-state index is 0. The summed E-state index contributed by atoms with van der Waals surface area (Å²) in [5.74, 6) is 0. The second-order valence-electron chi connectivity index (χ2n) is 2.43.